The molecule has 0 bridgehead atoms. The van der Waals surface area contributed by atoms with E-state index in [1.54, 1.807) is 24.3 Å². The molecule has 0 aromatic heterocycles. The first-order valence-corrected chi connectivity index (χ1v) is 11.5. The predicted molar refractivity (Wildman–Crippen MR) is 137 cm³/mol. The van der Waals surface area contributed by atoms with E-state index in [0.717, 1.165) is 18.5 Å². The first kappa shape index (κ1) is 24.8. The first-order chi connectivity index (χ1) is 16.3. The standard InChI is InChI=1S/C28H33N3O3/c1-28(2,3)31-27(33)22-14-9-15-23(19-22)30-26(32)20-29-24-16-7-8-17-25(24)34-18-10-13-21-11-5-4-6-12-21/h4-9,11-12,14-17,19,29H,10,13,18,20H2,1-3H3,(H,30,32)(H,31,33). The number of para-hydroxylation sites is 2. The van der Waals surface area contributed by atoms with Gasteiger partial charge in [0.25, 0.3) is 5.91 Å². The zero-order chi connectivity index (χ0) is 24.4. The lowest BCUT2D eigenvalue weighted by Gasteiger charge is -2.20. The van der Waals surface area contributed by atoms with E-state index < -0.39 is 0 Å². The van der Waals surface area contributed by atoms with Crippen LogP contribution in [-0.4, -0.2) is 30.5 Å². The zero-order valence-corrected chi connectivity index (χ0v) is 20.1. The molecule has 0 aliphatic heterocycles. The predicted octanol–water partition coefficient (Wildman–Crippen LogP) is 5.28. The average Bonchev–Trinajstić information content (AvgIpc) is 2.81. The first-order valence-electron chi connectivity index (χ1n) is 11.5. The summed E-state index contributed by atoms with van der Waals surface area (Å²) in [6.45, 7) is 6.43. The van der Waals surface area contributed by atoms with Crippen molar-refractivity contribution in [2.45, 2.75) is 39.2 Å². The maximum Gasteiger partial charge on any atom is 0.251 e. The summed E-state index contributed by atoms with van der Waals surface area (Å²) in [6.07, 6.45) is 1.85. The summed E-state index contributed by atoms with van der Waals surface area (Å²) < 4.78 is 5.95. The van der Waals surface area contributed by atoms with Gasteiger partial charge in [-0.15, -0.1) is 0 Å². The van der Waals surface area contributed by atoms with E-state index in [2.05, 4.69) is 28.1 Å². The highest BCUT2D eigenvalue weighted by Gasteiger charge is 2.15. The highest BCUT2D eigenvalue weighted by Crippen LogP contribution is 2.24. The average molecular weight is 460 g/mol. The second kappa shape index (κ2) is 11.9. The van der Waals surface area contributed by atoms with Gasteiger partial charge in [-0.3, -0.25) is 9.59 Å². The Kier molecular flexibility index (Phi) is 8.68. The van der Waals surface area contributed by atoms with Crippen molar-refractivity contribution in [2.24, 2.45) is 0 Å². The molecule has 0 aliphatic carbocycles. The van der Waals surface area contributed by atoms with E-state index in [1.807, 2.05) is 63.2 Å². The molecule has 0 atom stereocenters. The summed E-state index contributed by atoms with van der Waals surface area (Å²) in [5.74, 6) is 0.316. The maximum absolute atomic E-state index is 12.5. The molecule has 0 heterocycles. The number of nitrogens with one attached hydrogen (secondary N) is 3. The summed E-state index contributed by atoms with van der Waals surface area (Å²) in [5, 5.41) is 8.90. The van der Waals surface area contributed by atoms with E-state index in [9.17, 15) is 9.59 Å². The van der Waals surface area contributed by atoms with Crippen molar-refractivity contribution in [3.05, 3.63) is 90.0 Å². The molecule has 0 aliphatic rings. The van der Waals surface area contributed by atoms with Crippen molar-refractivity contribution in [3.8, 4) is 5.75 Å². The van der Waals surface area contributed by atoms with E-state index >= 15 is 0 Å². The Morgan fingerprint density at radius 3 is 2.38 bits per heavy atom. The van der Waals surface area contributed by atoms with Crippen LogP contribution >= 0.6 is 0 Å². The summed E-state index contributed by atoms with van der Waals surface area (Å²) in [7, 11) is 0. The molecule has 3 aromatic carbocycles. The van der Waals surface area contributed by atoms with Gasteiger partial charge in [-0.1, -0.05) is 48.5 Å². The summed E-state index contributed by atoms with van der Waals surface area (Å²) in [5.41, 5.74) is 2.77. The van der Waals surface area contributed by atoms with Crippen molar-refractivity contribution in [3.63, 3.8) is 0 Å². The van der Waals surface area contributed by atoms with Crippen molar-refractivity contribution in [1.29, 1.82) is 0 Å². The maximum atomic E-state index is 12.5. The highest BCUT2D eigenvalue weighted by atomic mass is 16.5. The summed E-state index contributed by atoms with van der Waals surface area (Å²) in [4.78, 5) is 24.9. The van der Waals surface area contributed by atoms with Crippen LogP contribution in [0.25, 0.3) is 0 Å². The second-order valence-electron chi connectivity index (χ2n) is 9.12. The van der Waals surface area contributed by atoms with Gasteiger partial charge in [-0.25, -0.2) is 0 Å². The van der Waals surface area contributed by atoms with Gasteiger partial charge >= 0.3 is 0 Å². The molecule has 3 N–H and O–H groups in total. The molecule has 34 heavy (non-hydrogen) atoms. The number of aryl methyl sites for hydroxylation is 1. The SMILES string of the molecule is CC(C)(C)NC(=O)c1cccc(NC(=O)CNc2ccccc2OCCCc2ccccc2)c1. The topological polar surface area (TPSA) is 79.5 Å². The van der Waals surface area contributed by atoms with Gasteiger partial charge in [-0.05, 0) is 69.5 Å². The normalized spacial score (nSPS) is 10.9. The zero-order valence-electron chi connectivity index (χ0n) is 20.1. The van der Waals surface area contributed by atoms with Crippen LogP contribution in [0.5, 0.6) is 5.75 Å². The molecule has 3 aromatic rings. The van der Waals surface area contributed by atoms with Crippen LogP contribution in [-0.2, 0) is 11.2 Å². The number of hydrogen-bond donors (Lipinski definition) is 3. The van der Waals surface area contributed by atoms with Crippen LogP contribution in [0.2, 0.25) is 0 Å². The lowest BCUT2D eigenvalue weighted by molar-refractivity contribution is -0.114. The lowest BCUT2D eigenvalue weighted by Crippen LogP contribution is -2.40. The largest absolute Gasteiger partial charge is 0.491 e. The van der Waals surface area contributed by atoms with Gasteiger partial charge in [0.05, 0.1) is 18.8 Å². The number of benzene rings is 3. The third-order valence-corrected chi connectivity index (χ3v) is 4.93. The Balaban J connectivity index is 1.49. The molecule has 0 saturated carbocycles. The van der Waals surface area contributed by atoms with Crippen molar-refractivity contribution in [2.75, 3.05) is 23.8 Å². The monoisotopic (exact) mass is 459 g/mol. The molecule has 2 amide bonds. The molecule has 6 heteroatoms. The Bertz CT molecular complexity index is 1090. The quantitative estimate of drug-likeness (QED) is 0.361. The van der Waals surface area contributed by atoms with Crippen LogP contribution < -0.4 is 20.7 Å². The van der Waals surface area contributed by atoms with E-state index in [1.165, 1.54) is 5.56 Å². The smallest absolute Gasteiger partial charge is 0.251 e. The minimum absolute atomic E-state index is 0.0722. The molecular weight excluding hydrogens is 426 g/mol. The number of ether oxygens (including phenoxy) is 1. The molecule has 3 rings (SSSR count). The van der Waals surface area contributed by atoms with E-state index in [0.29, 0.717) is 23.6 Å². The van der Waals surface area contributed by atoms with Crippen LogP contribution in [0.15, 0.2) is 78.9 Å². The molecule has 0 unspecified atom stereocenters. The van der Waals surface area contributed by atoms with Gasteiger partial charge in [-0.2, -0.15) is 0 Å². The lowest BCUT2D eigenvalue weighted by atomic mass is 10.1. The fourth-order valence-corrected chi connectivity index (χ4v) is 3.37. The van der Waals surface area contributed by atoms with Crippen molar-refractivity contribution >= 4 is 23.2 Å². The Labute approximate surface area is 201 Å². The summed E-state index contributed by atoms with van der Waals surface area (Å²) in [6, 6.07) is 24.8. The highest BCUT2D eigenvalue weighted by molar-refractivity contribution is 5.98. The van der Waals surface area contributed by atoms with Crippen LogP contribution in [0.4, 0.5) is 11.4 Å². The molecule has 178 valence electrons. The molecule has 0 saturated heterocycles. The van der Waals surface area contributed by atoms with Gasteiger partial charge < -0.3 is 20.7 Å². The van der Waals surface area contributed by atoms with Crippen LogP contribution in [0.3, 0.4) is 0 Å². The molecular formula is C28H33N3O3. The number of hydrogen-bond acceptors (Lipinski definition) is 4. The van der Waals surface area contributed by atoms with Gasteiger partial charge in [0.2, 0.25) is 5.91 Å². The second-order valence-corrected chi connectivity index (χ2v) is 9.12. The minimum atomic E-state index is -0.336. The van der Waals surface area contributed by atoms with E-state index in [-0.39, 0.29) is 23.9 Å². The molecule has 0 radical (unpaired) electrons. The summed E-state index contributed by atoms with van der Waals surface area (Å²) >= 11 is 0. The third kappa shape index (κ3) is 8.28. The van der Waals surface area contributed by atoms with Crippen molar-refractivity contribution in [1.82, 2.24) is 5.32 Å². The number of carbonyl (C=O) groups excluding carboxylic acids is 2. The number of amides is 2. The fourth-order valence-electron chi connectivity index (χ4n) is 3.37. The molecule has 6 nitrogen and oxygen atoms in total. The van der Waals surface area contributed by atoms with Gasteiger partial charge in [0.1, 0.15) is 5.75 Å². The number of rotatable bonds is 10. The fraction of sp³-hybridized carbons (Fsp3) is 0.286. The van der Waals surface area contributed by atoms with Gasteiger partial charge in [0.15, 0.2) is 0 Å². The molecule has 0 spiro atoms. The number of anilines is 2. The van der Waals surface area contributed by atoms with E-state index in [4.69, 9.17) is 4.74 Å². The van der Waals surface area contributed by atoms with Crippen LogP contribution in [0, 0.1) is 0 Å². The number of carbonyl (C=O) groups is 2. The molecule has 0 fully saturated rings. The Morgan fingerprint density at radius 1 is 0.882 bits per heavy atom. The minimum Gasteiger partial charge on any atom is -0.491 e. The van der Waals surface area contributed by atoms with Crippen LogP contribution in [0.1, 0.15) is 43.1 Å². The Morgan fingerprint density at radius 2 is 1.62 bits per heavy atom. The third-order valence-electron chi connectivity index (χ3n) is 4.93. The Hall–Kier alpha value is -3.80. The van der Waals surface area contributed by atoms with Gasteiger partial charge in [0, 0.05) is 16.8 Å². The van der Waals surface area contributed by atoms with Crippen molar-refractivity contribution < 1.29 is 14.3 Å².